The van der Waals surface area contributed by atoms with Gasteiger partial charge in [-0.3, -0.25) is 9.80 Å². The van der Waals surface area contributed by atoms with E-state index in [0.717, 1.165) is 59.6 Å². The molecule has 1 heterocycles. The topological polar surface area (TPSA) is 80.2 Å². The van der Waals surface area contributed by atoms with Gasteiger partial charge in [0.2, 0.25) is 5.91 Å². The number of benzene rings is 2. The fourth-order valence-corrected chi connectivity index (χ4v) is 4.47. The van der Waals surface area contributed by atoms with Crippen LogP contribution < -0.4 is 14.8 Å². The monoisotopic (exact) mass is 463 g/mol. The molecule has 180 valence electrons. The zero-order chi connectivity index (χ0) is 23.9. The highest BCUT2D eigenvalue weighted by Crippen LogP contribution is 2.33. The van der Waals surface area contributed by atoms with Crippen LogP contribution in [0.1, 0.15) is 63.0 Å². The molecule has 2 aromatic carbocycles. The zero-order valence-electron chi connectivity index (χ0n) is 20.0. The molecule has 1 unspecified atom stereocenters. The van der Waals surface area contributed by atoms with Crippen LogP contribution in [-0.2, 0) is 16.1 Å². The molecule has 1 atom stereocenters. The van der Waals surface area contributed by atoms with Crippen molar-refractivity contribution in [2.75, 3.05) is 12.4 Å². The molecule has 2 aromatic rings. The van der Waals surface area contributed by atoms with Crippen LogP contribution in [0.15, 0.2) is 47.6 Å². The first kappa shape index (κ1) is 23.8. The fraction of sp³-hybridized carbons (Fsp3) is 0.444. The van der Waals surface area contributed by atoms with E-state index < -0.39 is 0 Å². The van der Waals surface area contributed by atoms with E-state index in [2.05, 4.69) is 5.32 Å². The first-order chi connectivity index (χ1) is 16.6. The van der Waals surface area contributed by atoms with Crippen LogP contribution in [0.3, 0.4) is 0 Å². The third-order valence-corrected chi connectivity index (χ3v) is 6.46. The number of methoxy groups -OCH3 is 1. The largest absolute Gasteiger partial charge is 0.493 e. The lowest BCUT2D eigenvalue weighted by Gasteiger charge is -2.31. The number of nitrogens with one attached hydrogen (secondary N) is 1. The molecule has 1 aliphatic heterocycles. The quantitative estimate of drug-likeness (QED) is 0.533. The highest BCUT2D eigenvalue weighted by Gasteiger charge is 2.25. The highest BCUT2D eigenvalue weighted by atomic mass is 16.5. The Kier molecular flexibility index (Phi) is 7.83. The standard InChI is InChI=1S/C27H33N3O4/c1-3-27(32)28-21-11-8-19(9-12-21)17-30-22(18-31)13-14-24(29-30)20-10-15-25(33-2)26(16-20)34-23-6-4-5-7-23/h8-12,15-16,18,22-23H,3-7,13-14,17H2,1-2H3,(H,28,32). The van der Waals surface area contributed by atoms with E-state index in [9.17, 15) is 9.59 Å². The van der Waals surface area contributed by atoms with Gasteiger partial charge in [0.1, 0.15) is 12.3 Å². The number of hydrazone groups is 1. The second kappa shape index (κ2) is 11.2. The van der Waals surface area contributed by atoms with Gasteiger partial charge < -0.3 is 19.6 Å². The van der Waals surface area contributed by atoms with Crippen molar-refractivity contribution in [3.05, 3.63) is 53.6 Å². The number of hydrogen-bond acceptors (Lipinski definition) is 6. The highest BCUT2D eigenvalue weighted by molar-refractivity contribution is 6.01. The van der Waals surface area contributed by atoms with Crippen LogP contribution in [0.2, 0.25) is 0 Å². The smallest absolute Gasteiger partial charge is 0.224 e. The Morgan fingerprint density at radius 2 is 1.88 bits per heavy atom. The molecule has 7 nitrogen and oxygen atoms in total. The molecule has 1 N–H and O–H groups in total. The van der Waals surface area contributed by atoms with Crippen molar-refractivity contribution in [2.24, 2.45) is 5.10 Å². The molecule has 0 radical (unpaired) electrons. The minimum Gasteiger partial charge on any atom is -0.493 e. The summed E-state index contributed by atoms with van der Waals surface area (Å²) in [7, 11) is 1.66. The Balaban J connectivity index is 1.52. The van der Waals surface area contributed by atoms with Gasteiger partial charge in [-0.25, -0.2) is 0 Å². The van der Waals surface area contributed by atoms with E-state index in [4.69, 9.17) is 14.6 Å². The molecule has 0 bridgehead atoms. The number of carbonyl (C=O) groups excluding carboxylic acids is 2. The fourth-order valence-electron chi connectivity index (χ4n) is 4.47. The second-order valence-electron chi connectivity index (χ2n) is 8.87. The molecule has 0 spiro atoms. The normalized spacial score (nSPS) is 18.4. The maximum Gasteiger partial charge on any atom is 0.224 e. The van der Waals surface area contributed by atoms with Crippen molar-refractivity contribution < 1.29 is 19.1 Å². The molecule has 4 rings (SSSR count). The summed E-state index contributed by atoms with van der Waals surface area (Å²) in [6.45, 7) is 2.33. The average molecular weight is 464 g/mol. The number of aldehydes is 1. The Hall–Kier alpha value is -3.35. The second-order valence-corrected chi connectivity index (χ2v) is 8.87. The minimum absolute atomic E-state index is 0.0187. The predicted molar refractivity (Wildman–Crippen MR) is 132 cm³/mol. The summed E-state index contributed by atoms with van der Waals surface area (Å²) in [5.41, 5.74) is 3.70. The first-order valence-electron chi connectivity index (χ1n) is 12.1. The summed E-state index contributed by atoms with van der Waals surface area (Å²) in [6, 6.07) is 13.4. The molecule has 1 amide bonds. The minimum atomic E-state index is -0.268. The van der Waals surface area contributed by atoms with Gasteiger partial charge in [0.25, 0.3) is 0 Å². The molecule has 0 saturated heterocycles. The Morgan fingerprint density at radius 3 is 2.56 bits per heavy atom. The van der Waals surface area contributed by atoms with Crippen LogP contribution in [-0.4, -0.2) is 42.2 Å². The van der Waals surface area contributed by atoms with Crippen LogP contribution >= 0.6 is 0 Å². The van der Waals surface area contributed by atoms with Crippen molar-refractivity contribution in [3.8, 4) is 11.5 Å². The molecule has 7 heteroatoms. The number of nitrogens with zero attached hydrogens (tertiary/aromatic N) is 2. The Labute approximate surface area is 201 Å². The summed E-state index contributed by atoms with van der Waals surface area (Å²) in [5.74, 6) is 1.46. The summed E-state index contributed by atoms with van der Waals surface area (Å²) in [4.78, 5) is 23.4. The van der Waals surface area contributed by atoms with Crippen LogP contribution in [0.4, 0.5) is 5.69 Å². The lowest BCUT2D eigenvalue weighted by atomic mass is 10.00. The summed E-state index contributed by atoms with van der Waals surface area (Å²) in [5, 5.41) is 9.57. The van der Waals surface area contributed by atoms with Gasteiger partial charge >= 0.3 is 0 Å². The SMILES string of the molecule is CCC(=O)Nc1ccc(CN2N=C(c3ccc(OC)c(OC4CCCC4)c3)CCC2C=O)cc1. The van der Waals surface area contributed by atoms with Gasteiger partial charge in [0, 0.05) is 17.7 Å². The van der Waals surface area contributed by atoms with E-state index in [0.29, 0.717) is 19.4 Å². The number of rotatable bonds is 9. The van der Waals surface area contributed by atoms with Crippen molar-refractivity contribution in [1.29, 1.82) is 0 Å². The summed E-state index contributed by atoms with van der Waals surface area (Å²) >= 11 is 0. The van der Waals surface area contributed by atoms with Gasteiger partial charge in [-0.15, -0.1) is 0 Å². The lowest BCUT2D eigenvalue weighted by molar-refractivity contribution is -0.116. The molecule has 34 heavy (non-hydrogen) atoms. The maximum absolute atomic E-state index is 11.7. The molecular weight excluding hydrogens is 430 g/mol. The van der Waals surface area contributed by atoms with Crippen LogP contribution in [0.25, 0.3) is 0 Å². The Bertz CT molecular complexity index is 1030. The van der Waals surface area contributed by atoms with Gasteiger partial charge in [-0.2, -0.15) is 5.10 Å². The van der Waals surface area contributed by atoms with Crippen molar-refractivity contribution in [1.82, 2.24) is 5.01 Å². The molecular formula is C27H33N3O4. The number of anilines is 1. The van der Waals surface area contributed by atoms with E-state index >= 15 is 0 Å². The maximum atomic E-state index is 11.7. The Morgan fingerprint density at radius 1 is 1.12 bits per heavy atom. The van der Waals surface area contributed by atoms with Gasteiger partial charge in [-0.1, -0.05) is 19.1 Å². The number of hydrogen-bond donors (Lipinski definition) is 1. The van der Waals surface area contributed by atoms with Crippen molar-refractivity contribution >= 4 is 23.6 Å². The number of carbonyl (C=O) groups is 2. The summed E-state index contributed by atoms with van der Waals surface area (Å²) < 4.78 is 11.8. The van der Waals surface area contributed by atoms with E-state index in [1.165, 1.54) is 12.8 Å². The average Bonchev–Trinajstić information content (AvgIpc) is 3.38. The first-order valence-corrected chi connectivity index (χ1v) is 12.1. The molecule has 0 aromatic heterocycles. The predicted octanol–water partition coefficient (Wildman–Crippen LogP) is 4.93. The molecule has 1 fully saturated rings. The molecule has 2 aliphatic rings. The molecule has 1 aliphatic carbocycles. The van der Waals surface area contributed by atoms with E-state index in [-0.39, 0.29) is 18.1 Å². The van der Waals surface area contributed by atoms with Crippen LogP contribution in [0, 0.1) is 0 Å². The van der Waals surface area contributed by atoms with Crippen molar-refractivity contribution in [2.45, 2.75) is 70.6 Å². The third kappa shape index (κ3) is 5.76. The third-order valence-electron chi connectivity index (χ3n) is 6.46. The van der Waals surface area contributed by atoms with E-state index in [1.807, 2.05) is 54.4 Å². The van der Waals surface area contributed by atoms with Crippen molar-refractivity contribution in [3.63, 3.8) is 0 Å². The van der Waals surface area contributed by atoms with Gasteiger partial charge in [0.15, 0.2) is 11.5 Å². The van der Waals surface area contributed by atoms with Crippen LogP contribution in [0.5, 0.6) is 11.5 Å². The van der Waals surface area contributed by atoms with Gasteiger partial charge in [-0.05, 0) is 74.4 Å². The van der Waals surface area contributed by atoms with E-state index in [1.54, 1.807) is 7.11 Å². The molecule has 1 saturated carbocycles. The number of ether oxygens (including phenoxy) is 2. The zero-order valence-corrected chi connectivity index (χ0v) is 20.0. The number of amides is 1. The van der Waals surface area contributed by atoms with Gasteiger partial charge in [0.05, 0.1) is 25.5 Å². The summed E-state index contributed by atoms with van der Waals surface area (Å²) in [6.07, 6.45) is 7.62. The lowest BCUT2D eigenvalue weighted by Crippen LogP contribution is -2.37.